The number of carbonyl (C=O) groups is 1. The topological polar surface area (TPSA) is 42.4 Å². The van der Waals surface area contributed by atoms with Gasteiger partial charge in [-0.15, -0.1) is 0 Å². The van der Waals surface area contributed by atoms with Crippen LogP contribution in [0.2, 0.25) is 0 Å². The number of hydrogen-bond donors (Lipinski definition) is 0. The molecule has 0 unspecified atom stereocenters. The van der Waals surface area contributed by atoms with Gasteiger partial charge in [0.15, 0.2) is 0 Å². The largest absolute Gasteiger partial charge is 0.462 e. The zero-order valence-electron chi connectivity index (χ0n) is 16.9. The van der Waals surface area contributed by atoms with Crippen LogP contribution in [0.25, 0.3) is 0 Å². The van der Waals surface area contributed by atoms with Crippen LogP contribution in [0.5, 0.6) is 0 Å². The van der Waals surface area contributed by atoms with E-state index in [0.29, 0.717) is 5.92 Å². The number of ether oxygens (including phenoxy) is 1. The second-order valence-electron chi connectivity index (χ2n) is 9.16. The van der Waals surface area contributed by atoms with Crippen molar-refractivity contribution in [3.8, 4) is 0 Å². The summed E-state index contributed by atoms with van der Waals surface area (Å²) in [6, 6.07) is 6.04. The Bertz CT molecular complexity index is 729. The Morgan fingerprint density at radius 2 is 2.22 bits per heavy atom. The molecule has 2 fully saturated rings. The van der Waals surface area contributed by atoms with Crippen LogP contribution in [0.4, 0.5) is 0 Å². The van der Waals surface area contributed by atoms with E-state index in [1.807, 2.05) is 18.3 Å². The first-order valence-corrected chi connectivity index (χ1v) is 10.4. The number of aromatic nitrogens is 1. The highest BCUT2D eigenvalue weighted by Gasteiger charge is 2.52. The van der Waals surface area contributed by atoms with E-state index in [9.17, 15) is 4.79 Å². The lowest BCUT2D eigenvalue weighted by atomic mass is 9.59. The van der Waals surface area contributed by atoms with E-state index in [-0.39, 0.29) is 23.4 Å². The molecule has 0 bridgehead atoms. The lowest BCUT2D eigenvalue weighted by Crippen LogP contribution is -2.41. The molecule has 4 atom stereocenters. The molecule has 146 valence electrons. The molecule has 0 radical (unpaired) electrons. The third kappa shape index (κ3) is 3.69. The summed E-state index contributed by atoms with van der Waals surface area (Å²) in [6.45, 7) is 6.40. The maximum Gasteiger partial charge on any atom is 0.310 e. The molecule has 27 heavy (non-hydrogen) atoms. The molecular formula is C23H32N2O2. The van der Waals surface area contributed by atoms with E-state index in [4.69, 9.17) is 4.74 Å². The molecule has 0 N–H and O–H groups in total. The molecular weight excluding hydrogens is 336 g/mol. The van der Waals surface area contributed by atoms with Crippen molar-refractivity contribution in [2.24, 2.45) is 17.3 Å². The highest BCUT2D eigenvalue weighted by atomic mass is 16.6. The molecule has 4 nitrogen and oxygen atoms in total. The highest BCUT2D eigenvalue weighted by Crippen LogP contribution is 2.55. The predicted octanol–water partition coefficient (Wildman–Crippen LogP) is 4.01. The van der Waals surface area contributed by atoms with Crippen molar-refractivity contribution in [1.29, 1.82) is 0 Å². The molecule has 1 aliphatic heterocycles. The van der Waals surface area contributed by atoms with Gasteiger partial charge in [-0.3, -0.25) is 9.78 Å². The fourth-order valence-corrected chi connectivity index (χ4v) is 5.60. The first kappa shape index (κ1) is 18.7. The molecule has 0 aromatic carbocycles. The first-order valence-electron chi connectivity index (χ1n) is 10.4. The maximum absolute atomic E-state index is 12.7. The van der Waals surface area contributed by atoms with Crippen molar-refractivity contribution in [2.75, 3.05) is 20.1 Å². The van der Waals surface area contributed by atoms with Gasteiger partial charge >= 0.3 is 5.97 Å². The van der Waals surface area contributed by atoms with Crippen molar-refractivity contribution in [3.63, 3.8) is 0 Å². The van der Waals surface area contributed by atoms with E-state index < -0.39 is 0 Å². The fourth-order valence-electron chi connectivity index (χ4n) is 5.60. The van der Waals surface area contributed by atoms with Gasteiger partial charge in [-0.05, 0) is 63.6 Å². The van der Waals surface area contributed by atoms with Crippen LogP contribution in [0.1, 0.15) is 51.6 Å². The van der Waals surface area contributed by atoms with Gasteiger partial charge in [0.2, 0.25) is 0 Å². The third-order valence-electron chi connectivity index (χ3n) is 7.16. The summed E-state index contributed by atoms with van der Waals surface area (Å²) in [5.74, 6) is 0.386. The van der Waals surface area contributed by atoms with Crippen molar-refractivity contribution in [3.05, 3.63) is 41.2 Å². The molecule has 4 rings (SSSR count). The molecule has 3 aliphatic rings. The van der Waals surface area contributed by atoms with Crippen molar-refractivity contribution >= 4 is 5.97 Å². The average molecular weight is 369 g/mol. The van der Waals surface area contributed by atoms with Gasteiger partial charge < -0.3 is 9.64 Å². The van der Waals surface area contributed by atoms with Crippen molar-refractivity contribution in [1.82, 2.24) is 9.88 Å². The number of nitrogens with zero attached hydrogens (tertiary/aromatic N) is 2. The van der Waals surface area contributed by atoms with Gasteiger partial charge in [-0.25, -0.2) is 0 Å². The van der Waals surface area contributed by atoms with Crippen LogP contribution >= 0.6 is 0 Å². The van der Waals surface area contributed by atoms with Gasteiger partial charge in [0.1, 0.15) is 6.10 Å². The number of pyridine rings is 1. The second kappa shape index (κ2) is 7.38. The highest BCUT2D eigenvalue weighted by molar-refractivity contribution is 5.76. The maximum atomic E-state index is 12.7. The summed E-state index contributed by atoms with van der Waals surface area (Å²) in [6.07, 6.45) is 8.69. The molecule has 4 heteroatoms. The number of carbonyl (C=O) groups excluding carboxylic acids is 1. The van der Waals surface area contributed by atoms with Gasteiger partial charge in [-0.2, -0.15) is 0 Å². The van der Waals surface area contributed by atoms with Crippen LogP contribution in [0, 0.1) is 17.3 Å². The molecule has 1 saturated heterocycles. The normalized spacial score (nSPS) is 33.0. The SMILES string of the molecule is CC1=C2C[C@@H]3[C@@H](C[C@@]2(C)CCC1)OC(=O)[C@@H]3CN(C)CCc1ccccn1. The van der Waals surface area contributed by atoms with Gasteiger partial charge in [0.05, 0.1) is 5.92 Å². The lowest BCUT2D eigenvalue weighted by molar-refractivity contribution is -0.145. The number of hydrogen-bond acceptors (Lipinski definition) is 4. The number of esters is 1. The summed E-state index contributed by atoms with van der Waals surface area (Å²) in [7, 11) is 2.11. The summed E-state index contributed by atoms with van der Waals surface area (Å²) in [5, 5.41) is 0. The van der Waals surface area contributed by atoms with E-state index in [0.717, 1.165) is 38.0 Å². The number of likely N-dealkylation sites (N-methyl/N-ethyl adjacent to an activating group) is 1. The molecule has 1 aromatic rings. The molecule has 2 aliphatic carbocycles. The zero-order valence-corrected chi connectivity index (χ0v) is 16.9. The zero-order chi connectivity index (χ0) is 19.0. The molecule has 1 saturated carbocycles. The second-order valence-corrected chi connectivity index (χ2v) is 9.16. The number of allylic oxidation sites excluding steroid dienone is 2. The smallest absolute Gasteiger partial charge is 0.310 e. The summed E-state index contributed by atoms with van der Waals surface area (Å²) >= 11 is 0. The fraction of sp³-hybridized carbons (Fsp3) is 0.652. The Balaban J connectivity index is 1.42. The van der Waals surface area contributed by atoms with Crippen LogP contribution in [-0.2, 0) is 16.0 Å². The van der Waals surface area contributed by atoms with E-state index in [1.165, 1.54) is 19.3 Å². The van der Waals surface area contributed by atoms with E-state index >= 15 is 0 Å². The summed E-state index contributed by atoms with van der Waals surface area (Å²) in [4.78, 5) is 19.3. The van der Waals surface area contributed by atoms with Crippen molar-refractivity contribution in [2.45, 2.75) is 58.5 Å². The third-order valence-corrected chi connectivity index (χ3v) is 7.16. The Morgan fingerprint density at radius 3 is 3.00 bits per heavy atom. The van der Waals surface area contributed by atoms with E-state index in [1.54, 1.807) is 11.1 Å². The van der Waals surface area contributed by atoms with Crippen LogP contribution in [0.3, 0.4) is 0 Å². The Labute approximate surface area is 163 Å². The van der Waals surface area contributed by atoms with Crippen LogP contribution < -0.4 is 0 Å². The average Bonchev–Trinajstić information content (AvgIpc) is 2.93. The Hall–Kier alpha value is -1.68. The predicted molar refractivity (Wildman–Crippen MR) is 106 cm³/mol. The number of fused-ring (bicyclic) bond motifs is 2. The standard InChI is InChI=1S/C23H32N2O2/c1-16-7-6-10-23(2)14-21-18(13-20(16)23)19(22(26)27-21)15-25(3)12-9-17-8-4-5-11-24-17/h4-5,8,11,18-19,21H,6-7,9-10,12-15H2,1-3H3/t18-,19+,21+,23+/m0/s1. The van der Waals surface area contributed by atoms with Gasteiger partial charge in [0.25, 0.3) is 0 Å². The minimum Gasteiger partial charge on any atom is -0.462 e. The van der Waals surface area contributed by atoms with Crippen LogP contribution in [0.15, 0.2) is 35.5 Å². The Kier molecular flexibility index (Phi) is 5.11. The molecule has 0 amide bonds. The number of rotatable bonds is 5. The molecule has 1 aromatic heterocycles. The van der Waals surface area contributed by atoms with Crippen molar-refractivity contribution < 1.29 is 9.53 Å². The first-order chi connectivity index (χ1) is 13.0. The minimum atomic E-state index is 0.00973. The summed E-state index contributed by atoms with van der Waals surface area (Å²) < 4.78 is 5.89. The quantitative estimate of drug-likeness (QED) is 0.582. The minimum absolute atomic E-state index is 0.00973. The molecule has 0 spiro atoms. The lowest BCUT2D eigenvalue weighted by Gasteiger charge is -2.45. The van der Waals surface area contributed by atoms with Gasteiger partial charge in [0, 0.05) is 37.3 Å². The summed E-state index contributed by atoms with van der Waals surface area (Å²) in [5.41, 5.74) is 4.56. The van der Waals surface area contributed by atoms with Gasteiger partial charge in [-0.1, -0.05) is 24.1 Å². The molecule has 2 heterocycles. The van der Waals surface area contributed by atoms with E-state index in [2.05, 4.69) is 36.8 Å². The monoisotopic (exact) mass is 368 g/mol. The Morgan fingerprint density at radius 1 is 1.37 bits per heavy atom. The van der Waals surface area contributed by atoms with Crippen LogP contribution in [-0.4, -0.2) is 42.1 Å².